The molecular formula is C18H18N2O. The lowest BCUT2D eigenvalue weighted by atomic mass is 9.77. The number of carbonyl (C=O) groups excluding carboxylic acids is 1. The fourth-order valence-corrected chi connectivity index (χ4v) is 3.34. The number of rotatable bonds is 2. The first-order valence-corrected chi connectivity index (χ1v) is 7.51. The Morgan fingerprint density at radius 2 is 1.76 bits per heavy atom. The lowest BCUT2D eigenvalue weighted by molar-refractivity contribution is -0.123. The van der Waals surface area contributed by atoms with Crippen molar-refractivity contribution in [2.24, 2.45) is 0 Å². The van der Waals surface area contributed by atoms with E-state index in [1.807, 2.05) is 24.3 Å². The van der Waals surface area contributed by atoms with Gasteiger partial charge in [0.05, 0.1) is 12.0 Å². The van der Waals surface area contributed by atoms with Crippen molar-refractivity contribution in [2.75, 3.05) is 11.9 Å². The molecule has 2 aromatic rings. The molecule has 0 saturated carbocycles. The molecule has 0 saturated heterocycles. The Hall–Kier alpha value is -2.29. The van der Waals surface area contributed by atoms with Gasteiger partial charge in [0.1, 0.15) is 0 Å². The van der Waals surface area contributed by atoms with Crippen LogP contribution in [0, 0.1) is 0 Å². The summed E-state index contributed by atoms with van der Waals surface area (Å²) in [6.07, 6.45) is 1.78. The van der Waals surface area contributed by atoms with E-state index in [9.17, 15) is 4.79 Å². The summed E-state index contributed by atoms with van der Waals surface area (Å²) in [7, 11) is 0. The summed E-state index contributed by atoms with van der Waals surface area (Å²) in [5, 5.41) is 6.60. The number of hydrogen-bond donors (Lipinski definition) is 2. The first kappa shape index (κ1) is 12.5. The number of carbonyl (C=O) groups is 1. The molecule has 21 heavy (non-hydrogen) atoms. The second-order valence-electron chi connectivity index (χ2n) is 5.90. The smallest absolute Gasteiger partial charge is 0.228 e. The van der Waals surface area contributed by atoms with Crippen LogP contribution >= 0.6 is 0 Å². The Balaban J connectivity index is 1.43. The van der Waals surface area contributed by atoms with E-state index in [-0.39, 0.29) is 17.9 Å². The largest absolute Gasteiger partial charge is 0.383 e. The molecule has 106 valence electrons. The second-order valence-corrected chi connectivity index (χ2v) is 5.90. The molecule has 0 fully saturated rings. The van der Waals surface area contributed by atoms with Crippen LogP contribution in [0.1, 0.15) is 22.6 Å². The Morgan fingerprint density at radius 1 is 1.00 bits per heavy atom. The first-order valence-electron chi connectivity index (χ1n) is 7.51. The van der Waals surface area contributed by atoms with E-state index in [4.69, 9.17) is 0 Å². The molecule has 2 aliphatic rings. The minimum atomic E-state index is 0.0402. The monoisotopic (exact) mass is 278 g/mol. The lowest BCUT2D eigenvalue weighted by Crippen LogP contribution is -2.47. The van der Waals surface area contributed by atoms with Gasteiger partial charge in [-0.15, -0.1) is 0 Å². The van der Waals surface area contributed by atoms with Gasteiger partial charge in [-0.3, -0.25) is 4.79 Å². The zero-order chi connectivity index (χ0) is 14.2. The number of amides is 1. The zero-order valence-electron chi connectivity index (χ0n) is 11.8. The molecule has 0 spiro atoms. The molecule has 0 bridgehead atoms. The van der Waals surface area contributed by atoms with Gasteiger partial charge in [0.25, 0.3) is 0 Å². The maximum absolute atomic E-state index is 12.4. The van der Waals surface area contributed by atoms with Gasteiger partial charge in [-0.05, 0) is 35.6 Å². The highest BCUT2D eigenvalue weighted by Crippen LogP contribution is 2.35. The number of fused-ring (bicyclic) bond motifs is 2. The number of benzene rings is 2. The van der Waals surface area contributed by atoms with Crippen molar-refractivity contribution < 1.29 is 4.79 Å². The SMILES string of the molecule is O=C(NC1CNc2ccccc2C1)C1Cc2ccccc21. The summed E-state index contributed by atoms with van der Waals surface area (Å²) >= 11 is 0. The van der Waals surface area contributed by atoms with Gasteiger partial charge in [-0.2, -0.15) is 0 Å². The van der Waals surface area contributed by atoms with E-state index in [0.29, 0.717) is 0 Å². The van der Waals surface area contributed by atoms with Gasteiger partial charge >= 0.3 is 0 Å². The zero-order valence-corrected chi connectivity index (χ0v) is 11.8. The van der Waals surface area contributed by atoms with Crippen molar-refractivity contribution in [3.8, 4) is 0 Å². The summed E-state index contributed by atoms with van der Waals surface area (Å²) < 4.78 is 0. The molecule has 4 rings (SSSR count). The standard InChI is InChI=1S/C18H18N2O/c21-18(16-10-12-5-1-3-7-15(12)16)20-14-9-13-6-2-4-8-17(13)19-11-14/h1-8,14,16,19H,9-11H2,(H,20,21). The summed E-state index contributed by atoms with van der Waals surface area (Å²) in [5.74, 6) is 0.207. The summed E-state index contributed by atoms with van der Waals surface area (Å²) in [4.78, 5) is 12.4. The van der Waals surface area contributed by atoms with Crippen LogP contribution < -0.4 is 10.6 Å². The van der Waals surface area contributed by atoms with Crippen LogP contribution in [0.2, 0.25) is 0 Å². The normalized spacial score (nSPS) is 22.3. The lowest BCUT2D eigenvalue weighted by Gasteiger charge is -2.32. The average Bonchev–Trinajstić information content (AvgIpc) is 2.48. The predicted molar refractivity (Wildman–Crippen MR) is 83.5 cm³/mol. The molecule has 0 radical (unpaired) electrons. The van der Waals surface area contributed by atoms with Crippen LogP contribution in [-0.2, 0) is 17.6 Å². The minimum absolute atomic E-state index is 0.0402. The fraction of sp³-hybridized carbons (Fsp3) is 0.278. The van der Waals surface area contributed by atoms with Gasteiger partial charge < -0.3 is 10.6 Å². The highest BCUT2D eigenvalue weighted by Gasteiger charge is 2.33. The third kappa shape index (κ3) is 2.19. The van der Waals surface area contributed by atoms with Crippen LogP contribution in [-0.4, -0.2) is 18.5 Å². The Kier molecular flexibility index (Phi) is 2.92. The number of hydrogen-bond acceptors (Lipinski definition) is 2. The molecule has 1 heterocycles. The van der Waals surface area contributed by atoms with Crippen molar-refractivity contribution in [3.05, 3.63) is 65.2 Å². The van der Waals surface area contributed by atoms with Gasteiger partial charge in [0.15, 0.2) is 0 Å². The Bertz CT molecular complexity index is 695. The highest BCUT2D eigenvalue weighted by molar-refractivity contribution is 5.87. The molecule has 2 N–H and O–H groups in total. The van der Waals surface area contributed by atoms with Crippen LogP contribution in [0.3, 0.4) is 0 Å². The van der Waals surface area contributed by atoms with Crippen molar-refractivity contribution >= 4 is 11.6 Å². The molecule has 2 aromatic carbocycles. The summed E-state index contributed by atoms with van der Waals surface area (Å²) in [6, 6.07) is 16.7. The average molecular weight is 278 g/mol. The molecule has 1 aliphatic heterocycles. The van der Waals surface area contributed by atoms with E-state index in [2.05, 4.69) is 34.9 Å². The predicted octanol–water partition coefficient (Wildman–Crippen LogP) is 2.48. The van der Waals surface area contributed by atoms with Crippen LogP contribution in [0.15, 0.2) is 48.5 Å². The van der Waals surface area contributed by atoms with E-state index in [0.717, 1.165) is 19.4 Å². The number of nitrogens with one attached hydrogen (secondary N) is 2. The van der Waals surface area contributed by atoms with Crippen LogP contribution in [0.5, 0.6) is 0 Å². The van der Waals surface area contributed by atoms with Crippen molar-refractivity contribution in [1.29, 1.82) is 0 Å². The Morgan fingerprint density at radius 3 is 2.62 bits per heavy atom. The second kappa shape index (κ2) is 4.92. The maximum atomic E-state index is 12.4. The molecule has 2 atom stereocenters. The summed E-state index contributed by atoms with van der Waals surface area (Å²) in [5.41, 5.74) is 4.98. The third-order valence-corrected chi connectivity index (χ3v) is 4.54. The van der Waals surface area contributed by atoms with Gasteiger partial charge in [-0.1, -0.05) is 42.5 Å². The van der Waals surface area contributed by atoms with E-state index in [1.165, 1.54) is 22.4 Å². The third-order valence-electron chi connectivity index (χ3n) is 4.54. The van der Waals surface area contributed by atoms with Crippen molar-refractivity contribution in [3.63, 3.8) is 0 Å². The van der Waals surface area contributed by atoms with Gasteiger partial charge in [-0.25, -0.2) is 0 Å². The van der Waals surface area contributed by atoms with E-state index < -0.39 is 0 Å². The fourth-order valence-electron chi connectivity index (χ4n) is 3.34. The number of anilines is 1. The van der Waals surface area contributed by atoms with Crippen molar-refractivity contribution in [2.45, 2.75) is 24.8 Å². The van der Waals surface area contributed by atoms with Gasteiger partial charge in [0.2, 0.25) is 5.91 Å². The molecule has 3 nitrogen and oxygen atoms in total. The number of para-hydroxylation sites is 1. The summed E-state index contributed by atoms with van der Waals surface area (Å²) in [6.45, 7) is 0.803. The molecule has 1 aliphatic carbocycles. The van der Waals surface area contributed by atoms with E-state index >= 15 is 0 Å². The molecular weight excluding hydrogens is 260 g/mol. The topological polar surface area (TPSA) is 41.1 Å². The van der Waals surface area contributed by atoms with Crippen molar-refractivity contribution in [1.82, 2.24) is 5.32 Å². The van der Waals surface area contributed by atoms with Crippen LogP contribution in [0.4, 0.5) is 5.69 Å². The quantitative estimate of drug-likeness (QED) is 0.886. The highest BCUT2D eigenvalue weighted by atomic mass is 16.2. The molecule has 1 amide bonds. The molecule has 3 heteroatoms. The molecule has 0 aromatic heterocycles. The maximum Gasteiger partial charge on any atom is 0.228 e. The molecule has 2 unspecified atom stereocenters. The minimum Gasteiger partial charge on any atom is -0.383 e. The van der Waals surface area contributed by atoms with E-state index in [1.54, 1.807) is 0 Å². The Labute approximate surface area is 124 Å². The van der Waals surface area contributed by atoms with Crippen LogP contribution in [0.25, 0.3) is 0 Å². The van der Waals surface area contributed by atoms with Gasteiger partial charge in [0, 0.05) is 12.2 Å². The first-order chi connectivity index (χ1) is 10.3.